The molecule has 130 valence electrons. The van der Waals surface area contributed by atoms with Crippen LogP contribution in [0.2, 0.25) is 0 Å². The summed E-state index contributed by atoms with van der Waals surface area (Å²) in [5.41, 5.74) is 0.737. The molecular weight excluding hydrogens is 351 g/mol. The SMILES string of the molecule is CCC(c1cccc(O)c1)C(O)c1c(O)cccc1SP(=O)(O)O. The van der Waals surface area contributed by atoms with Crippen LogP contribution in [0.4, 0.5) is 0 Å². The molecule has 0 spiro atoms. The van der Waals surface area contributed by atoms with Crippen molar-refractivity contribution in [1.82, 2.24) is 0 Å². The van der Waals surface area contributed by atoms with Crippen LogP contribution in [0, 0.1) is 0 Å². The van der Waals surface area contributed by atoms with E-state index in [1.54, 1.807) is 12.1 Å². The van der Waals surface area contributed by atoms with Gasteiger partial charge in [0.25, 0.3) is 0 Å². The first-order valence-electron chi connectivity index (χ1n) is 7.27. The normalized spacial score (nSPS) is 14.3. The van der Waals surface area contributed by atoms with E-state index in [1.807, 2.05) is 6.92 Å². The minimum Gasteiger partial charge on any atom is -0.508 e. The number of benzene rings is 2. The zero-order valence-electron chi connectivity index (χ0n) is 12.9. The van der Waals surface area contributed by atoms with E-state index in [2.05, 4.69) is 0 Å². The third-order valence-corrected chi connectivity index (χ3v) is 5.77. The van der Waals surface area contributed by atoms with Crippen LogP contribution in [0.5, 0.6) is 11.5 Å². The maximum atomic E-state index is 11.3. The fourth-order valence-corrected chi connectivity index (χ4v) is 4.60. The van der Waals surface area contributed by atoms with Crippen molar-refractivity contribution in [3.63, 3.8) is 0 Å². The van der Waals surface area contributed by atoms with Crippen molar-refractivity contribution >= 4 is 18.2 Å². The van der Waals surface area contributed by atoms with E-state index in [0.29, 0.717) is 23.4 Å². The summed E-state index contributed by atoms with van der Waals surface area (Å²) in [5.74, 6) is -0.638. The highest BCUT2D eigenvalue weighted by atomic mass is 32.7. The van der Waals surface area contributed by atoms with Crippen molar-refractivity contribution in [2.45, 2.75) is 30.3 Å². The molecule has 0 fully saturated rings. The van der Waals surface area contributed by atoms with Crippen LogP contribution in [-0.4, -0.2) is 25.1 Å². The molecule has 6 nitrogen and oxygen atoms in total. The number of aliphatic hydroxyl groups is 1. The number of hydrogen-bond acceptors (Lipinski definition) is 5. The number of rotatable bonds is 6. The van der Waals surface area contributed by atoms with Gasteiger partial charge in [0.1, 0.15) is 11.5 Å². The standard InChI is InChI=1S/C16H19O6PS/c1-2-12(10-5-3-6-11(17)9-10)16(19)15-13(18)7-4-8-14(15)24-23(20,21)22/h3-9,12,16-19H,2H2,1H3,(H2,20,21,22). The fraction of sp³-hybridized carbons (Fsp3) is 0.250. The molecule has 0 saturated heterocycles. The summed E-state index contributed by atoms with van der Waals surface area (Å²) in [5, 5.41) is 30.5. The Morgan fingerprint density at radius 2 is 1.79 bits per heavy atom. The average Bonchev–Trinajstić information content (AvgIpc) is 2.46. The topological polar surface area (TPSA) is 118 Å². The Labute approximate surface area is 143 Å². The van der Waals surface area contributed by atoms with Crippen LogP contribution in [0.25, 0.3) is 0 Å². The Morgan fingerprint density at radius 3 is 2.38 bits per heavy atom. The molecule has 0 aliphatic rings. The van der Waals surface area contributed by atoms with Gasteiger partial charge in [-0.05, 0) is 47.6 Å². The van der Waals surface area contributed by atoms with Gasteiger partial charge in [-0.25, -0.2) is 4.57 Å². The molecule has 24 heavy (non-hydrogen) atoms. The molecule has 0 amide bonds. The lowest BCUT2D eigenvalue weighted by Crippen LogP contribution is -2.11. The first-order chi connectivity index (χ1) is 11.2. The summed E-state index contributed by atoms with van der Waals surface area (Å²) >= 11 is 0.293. The van der Waals surface area contributed by atoms with Crippen molar-refractivity contribution in [2.75, 3.05) is 0 Å². The molecule has 2 aromatic carbocycles. The van der Waals surface area contributed by atoms with Crippen LogP contribution in [-0.2, 0) is 4.57 Å². The highest BCUT2D eigenvalue weighted by Gasteiger charge is 2.29. The van der Waals surface area contributed by atoms with E-state index in [4.69, 9.17) is 0 Å². The van der Waals surface area contributed by atoms with Gasteiger partial charge in [0.2, 0.25) is 0 Å². The molecule has 5 N–H and O–H groups in total. The lowest BCUT2D eigenvalue weighted by molar-refractivity contribution is 0.136. The van der Waals surface area contributed by atoms with E-state index in [1.165, 1.54) is 30.3 Å². The molecule has 0 aromatic heterocycles. The minimum atomic E-state index is -4.44. The lowest BCUT2D eigenvalue weighted by Gasteiger charge is -2.25. The number of aromatic hydroxyl groups is 2. The van der Waals surface area contributed by atoms with Crippen molar-refractivity contribution in [1.29, 1.82) is 0 Å². The van der Waals surface area contributed by atoms with Crippen molar-refractivity contribution < 1.29 is 29.7 Å². The Bertz CT molecular complexity index is 760. The zero-order chi connectivity index (χ0) is 17.9. The summed E-state index contributed by atoms with van der Waals surface area (Å²) < 4.78 is 11.3. The summed E-state index contributed by atoms with van der Waals surface area (Å²) in [7, 11) is 0. The van der Waals surface area contributed by atoms with Crippen molar-refractivity contribution in [2.24, 2.45) is 0 Å². The van der Waals surface area contributed by atoms with Gasteiger partial charge in [0.15, 0.2) is 0 Å². The lowest BCUT2D eigenvalue weighted by atomic mass is 9.86. The second kappa shape index (κ2) is 7.59. The Morgan fingerprint density at radius 1 is 1.12 bits per heavy atom. The maximum Gasteiger partial charge on any atom is 0.388 e. The summed E-state index contributed by atoms with van der Waals surface area (Å²) in [4.78, 5) is 18.5. The minimum absolute atomic E-state index is 0.0558. The monoisotopic (exact) mass is 370 g/mol. The van der Waals surface area contributed by atoms with E-state index >= 15 is 0 Å². The smallest absolute Gasteiger partial charge is 0.388 e. The summed E-state index contributed by atoms with van der Waals surface area (Å²) in [6, 6.07) is 10.7. The van der Waals surface area contributed by atoms with Gasteiger partial charge in [-0.15, -0.1) is 0 Å². The summed E-state index contributed by atoms with van der Waals surface area (Å²) in [6.45, 7) is -2.60. The molecule has 0 saturated carbocycles. The molecule has 0 aliphatic carbocycles. The number of phenolic OH excluding ortho intramolecular Hbond substituents is 2. The largest absolute Gasteiger partial charge is 0.508 e. The molecule has 0 radical (unpaired) electrons. The molecule has 2 atom stereocenters. The molecule has 2 aromatic rings. The van der Waals surface area contributed by atoms with E-state index in [9.17, 15) is 29.7 Å². The quantitative estimate of drug-likeness (QED) is 0.494. The predicted octanol–water partition coefficient (Wildman–Crippen LogP) is 3.51. The molecule has 0 aliphatic heterocycles. The number of phenols is 2. The van der Waals surface area contributed by atoms with Gasteiger partial charge in [-0.2, -0.15) is 0 Å². The van der Waals surface area contributed by atoms with Crippen LogP contribution in [0.15, 0.2) is 47.4 Å². The van der Waals surface area contributed by atoms with Gasteiger partial charge in [0.05, 0.1) is 6.10 Å². The average molecular weight is 370 g/mol. The maximum absolute atomic E-state index is 11.3. The highest BCUT2D eigenvalue weighted by Crippen LogP contribution is 2.57. The first kappa shape index (κ1) is 18.8. The fourth-order valence-electron chi connectivity index (χ4n) is 2.64. The summed E-state index contributed by atoms with van der Waals surface area (Å²) in [6.07, 6.45) is -0.689. The second-order valence-electron chi connectivity index (χ2n) is 5.33. The second-order valence-corrected chi connectivity index (χ2v) is 8.90. The Kier molecular flexibility index (Phi) is 5.96. The zero-order valence-corrected chi connectivity index (χ0v) is 14.6. The number of hydrogen-bond donors (Lipinski definition) is 5. The molecule has 2 unspecified atom stereocenters. The van der Waals surface area contributed by atoms with E-state index in [0.717, 1.165) is 0 Å². The van der Waals surface area contributed by atoms with E-state index < -0.39 is 18.8 Å². The molecule has 8 heteroatoms. The first-order valence-corrected chi connectivity index (χ1v) is 10.3. The Hall–Kier alpha value is -1.50. The highest BCUT2D eigenvalue weighted by molar-refractivity contribution is 8.54. The van der Waals surface area contributed by atoms with Gasteiger partial charge in [-0.3, -0.25) is 0 Å². The van der Waals surface area contributed by atoms with Crippen molar-refractivity contribution in [3.8, 4) is 11.5 Å². The third-order valence-electron chi connectivity index (χ3n) is 3.68. The molecule has 0 heterocycles. The van der Waals surface area contributed by atoms with Crippen LogP contribution in [0.1, 0.15) is 36.5 Å². The van der Waals surface area contributed by atoms with Crippen LogP contribution < -0.4 is 0 Å². The van der Waals surface area contributed by atoms with Gasteiger partial charge < -0.3 is 25.1 Å². The molecule has 0 bridgehead atoms. The Balaban J connectivity index is 2.47. The van der Waals surface area contributed by atoms with Crippen LogP contribution >= 0.6 is 18.2 Å². The van der Waals surface area contributed by atoms with Gasteiger partial charge in [0, 0.05) is 16.4 Å². The number of aliphatic hydroxyl groups excluding tert-OH is 1. The molecular formula is C16H19O6PS. The van der Waals surface area contributed by atoms with Crippen molar-refractivity contribution in [3.05, 3.63) is 53.6 Å². The predicted molar refractivity (Wildman–Crippen MR) is 92.1 cm³/mol. The van der Waals surface area contributed by atoms with Crippen LogP contribution in [0.3, 0.4) is 0 Å². The van der Waals surface area contributed by atoms with E-state index in [-0.39, 0.29) is 22.0 Å². The van der Waals surface area contributed by atoms with Gasteiger partial charge in [-0.1, -0.05) is 25.1 Å². The van der Waals surface area contributed by atoms with Gasteiger partial charge >= 0.3 is 6.80 Å². The molecule has 2 rings (SSSR count). The third kappa shape index (κ3) is 4.53.